The lowest BCUT2D eigenvalue weighted by Gasteiger charge is -2.30. The molecule has 1 aromatic carbocycles. The van der Waals surface area contributed by atoms with Gasteiger partial charge >= 0.3 is 6.18 Å². The zero-order valence-corrected chi connectivity index (χ0v) is 9.37. The van der Waals surface area contributed by atoms with Gasteiger partial charge in [0.1, 0.15) is 5.58 Å². The molecule has 0 spiro atoms. The minimum absolute atomic E-state index is 0.0331. The highest BCUT2D eigenvalue weighted by Crippen LogP contribution is 2.43. The summed E-state index contributed by atoms with van der Waals surface area (Å²) in [5.41, 5.74) is 1.92. The Labute approximate surface area is 101 Å². The Balaban J connectivity index is 2.65. The van der Waals surface area contributed by atoms with Crippen LogP contribution in [0.3, 0.4) is 0 Å². The Morgan fingerprint density at radius 3 is 2.56 bits per heavy atom. The molecule has 2 aromatic rings. The van der Waals surface area contributed by atoms with E-state index in [0.29, 0.717) is 5.39 Å². The van der Waals surface area contributed by atoms with Crippen molar-refractivity contribution in [2.75, 3.05) is 6.54 Å². The second kappa shape index (κ2) is 4.29. The van der Waals surface area contributed by atoms with E-state index in [-0.39, 0.29) is 17.7 Å². The summed E-state index contributed by atoms with van der Waals surface area (Å²) in [7, 11) is 0. The first-order valence-corrected chi connectivity index (χ1v) is 5.36. The van der Waals surface area contributed by atoms with E-state index in [1.54, 1.807) is 6.07 Å². The third-order valence-corrected chi connectivity index (χ3v) is 2.90. The van der Waals surface area contributed by atoms with Gasteiger partial charge in [-0.15, -0.1) is 0 Å². The number of fused-ring (bicyclic) bond motifs is 1. The van der Waals surface area contributed by atoms with E-state index in [2.05, 4.69) is 0 Å². The Kier molecular flexibility index (Phi) is 3.08. The van der Waals surface area contributed by atoms with Crippen LogP contribution in [-0.2, 0) is 5.60 Å². The molecule has 0 saturated carbocycles. The first kappa shape index (κ1) is 12.9. The van der Waals surface area contributed by atoms with E-state index in [1.807, 2.05) is 0 Å². The summed E-state index contributed by atoms with van der Waals surface area (Å²) in [5, 5.41) is 10.5. The van der Waals surface area contributed by atoms with Crippen LogP contribution in [0.25, 0.3) is 11.0 Å². The number of rotatable bonds is 3. The van der Waals surface area contributed by atoms with Crippen LogP contribution in [0.5, 0.6) is 0 Å². The lowest BCUT2D eigenvalue weighted by atomic mass is 9.88. The molecule has 3 nitrogen and oxygen atoms in total. The number of hydrogen-bond donors (Lipinski definition) is 2. The molecule has 2 rings (SSSR count). The third kappa shape index (κ3) is 1.87. The van der Waals surface area contributed by atoms with Gasteiger partial charge in [-0.05, 0) is 12.6 Å². The van der Waals surface area contributed by atoms with Crippen molar-refractivity contribution in [2.45, 2.75) is 18.2 Å². The first-order valence-electron chi connectivity index (χ1n) is 5.36. The van der Waals surface area contributed by atoms with Gasteiger partial charge in [0.05, 0.1) is 6.26 Å². The van der Waals surface area contributed by atoms with Crippen LogP contribution in [0.4, 0.5) is 13.2 Å². The van der Waals surface area contributed by atoms with E-state index >= 15 is 0 Å². The smallest absolute Gasteiger partial charge is 0.421 e. The fourth-order valence-electron chi connectivity index (χ4n) is 1.96. The van der Waals surface area contributed by atoms with E-state index in [9.17, 15) is 18.3 Å². The normalized spacial score (nSPS) is 15.8. The molecule has 0 aliphatic carbocycles. The van der Waals surface area contributed by atoms with Crippen molar-refractivity contribution in [3.8, 4) is 0 Å². The van der Waals surface area contributed by atoms with Crippen molar-refractivity contribution in [2.24, 2.45) is 5.73 Å². The molecule has 18 heavy (non-hydrogen) atoms. The van der Waals surface area contributed by atoms with Gasteiger partial charge in [0.2, 0.25) is 0 Å². The maximum atomic E-state index is 13.1. The SMILES string of the molecule is NCCC(O)(c1cccc2ccoc12)C(F)(F)F. The summed E-state index contributed by atoms with van der Waals surface area (Å²) in [5.74, 6) is 0. The molecule has 1 unspecified atom stereocenters. The molecule has 1 atom stereocenters. The summed E-state index contributed by atoms with van der Waals surface area (Å²) in [6.07, 6.45) is -4.14. The van der Waals surface area contributed by atoms with Crippen LogP contribution < -0.4 is 5.73 Å². The van der Waals surface area contributed by atoms with Crippen LogP contribution in [0.1, 0.15) is 12.0 Å². The minimum Gasteiger partial charge on any atom is -0.464 e. The maximum Gasteiger partial charge on any atom is 0.421 e. The number of furan rings is 1. The van der Waals surface area contributed by atoms with Crippen LogP contribution in [0, 0.1) is 0 Å². The molecule has 0 fully saturated rings. The van der Waals surface area contributed by atoms with Gasteiger partial charge in [-0.25, -0.2) is 0 Å². The number of aliphatic hydroxyl groups is 1. The molecule has 98 valence electrons. The van der Waals surface area contributed by atoms with Gasteiger partial charge < -0.3 is 15.3 Å². The number of para-hydroxylation sites is 1. The van der Waals surface area contributed by atoms with Crippen molar-refractivity contribution in [3.05, 3.63) is 36.1 Å². The predicted octanol–water partition coefficient (Wildman–Crippen LogP) is 2.53. The monoisotopic (exact) mass is 259 g/mol. The van der Waals surface area contributed by atoms with Crippen molar-refractivity contribution in [3.63, 3.8) is 0 Å². The molecule has 3 N–H and O–H groups in total. The number of halogens is 3. The highest BCUT2D eigenvalue weighted by Gasteiger charge is 2.55. The number of benzene rings is 1. The molecule has 0 aliphatic rings. The van der Waals surface area contributed by atoms with Crippen LogP contribution in [0.2, 0.25) is 0 Å². The second-order valence-corrected chi connectivity index (χ2v) is 4.04. The van der Waals surface area contributed by atoms with E-state index in [4.69, 9.17) is 10.2 Å². The molecule has 0 radical (unpaired) electrons. The Morgan fingerprint density at radius 1 is 1.22 bits per heavy atom. The molecule has 1 heterocycles. The molecule has 0 bridgehead atoms. The van der Waals surface area contributed by atoms with Crippen molar-refractivity contribution >= 4 is 11.0 Å². The summed E-state index contributed by atoms with van der Waals surface area (Å²) in [6.45, 7) is -0.285. The zero-order valence-electron chi connectivity index (χ0n) is 9.37. The minimum atomic E-state index is -4.81. The Bertz CT molecular complexity index is 549. The van der Waals surface area contributed by atoms with E-state index in [0.717, 1.165) is 0 Å². The molecule has 0 saturated heterocycles. The fraction of sp³-hybridized carbons (Fsp3) is 0.333. The molecular weight excluding hydrogens is 247 g/mol. The van der Waals surface area contributed by atoms with Gasteiger partial charge in [-0.2, -0.15) is 13.2 Å². The number of nitrogens with two attached hydrogens (primary N) is 1. The lowest BCUT2D eigenvalue weighted by Crippen LogP contribution is -2.44. The Morgan fingerprint density at radius 2 is 1.94 bits per heavy atom. The highest BCUT2D eigenvalue weighted by molar-refractivity contribution is 5.81. The zero-order chi connectivity index (χ0) is 13.4. The number of alkyl halides is 3. The average Bonchev–Trinajstić information content (AvgIpc) is 2.75. The van der Waals surface area contributed by atoms with Crippen molar-refractivity contribution in [1.82, 2.24) is 0 Å². The van der Waals surface area contributed by atoms with E-state index in [1.165, 1.54) is 24.5 Å². The Hall–Kier alpha value is -1.53. The van der Waals surface area contributed by atoms with Gasteiger partial charge in [0.25, 0.3) is 0 Å². The van der Waals surface area contributed by atoms with Gasteiger partial charge in [0, 0.05) is 17.4 Å². The van der Waals surface area contributed by atoms with Crippen LogP contribution in [-0.4, -0.2) is 17.8 Å². The second-order valence-electron chi connectivity index (χ2n) is 4.04. The first-order chi connectivity index (χ1) is 8.40. The number of hydrogen-bond acceptors (Lipinski definition) is 3. The van der Waals surface area contributed by atoms with E-state index < -0.39 is 18.2 Å². The quantitative estimate of drug-likeness (QED) is 0.890. The molecule has 0 aliphatic heterocycles. The largest absolute Gasteiger partial charge is 0.464 e. The maximum absolute atomic E-state index is 13.1. The van der Waals surface area contributed by atoms with Crippen LogP contribution in [0.15, 0.2) is 34.9 Å². The van der Waals surface area contributed by atoms with Crippen LogP contribution >= 0.6 is 0 Å². The molecule has 6 heteroatoms. The van der Waals surface area contributed by atoms with Gasteiger partial charge in [0.15, 0.2) is 5.60 Å². The van der Waals surface area contributed by atoms with Crippen molar-refractivity contribution in [1.29, 1.82) is 0 Å². The summed E-state index contributed by atoms with van der Waals surface area (Å²) in [4.78, 5) is 0. The molecule has 0 amide bonds. The third-order valence-electron chi connectivity index (χ3n) is 2.90. The summed E-state index contributed by atoms with van der Waals surface area (Å²) < 4.78 is 44.2. The highest BCUT2D eigenvalue weighted by atomic mass is 19.4. The molecule has 1 aromatic heterocycles. The van der Waals surface area contributed by atoms with Crippen molar-refractivity contribution < 1.29 is 22.7 Å². The summed E-state index contributed by atoms with van der Waals surface area (Å²) >= 11 is 0. The predicted molar refractivity (Wildman–Crippen MR) is 59.8 cm³/mol. The fourth-order valence-corrected chi connectivity index (χ4v) is 1.96. The average molecular weight is 259 g/mol. The van der Waals surface area contributed by atoms with Gasteiger partial charge in [-0.1, -0.05) is 18.2 Å². The summed E-state index contributed by atoms with van der Waals surface area (Å²) in [6, 6.07) is 5.80. The standard InChI is InChI=1S/C12H12F3NO2/c13-12(14,15)11(17,5-6-16)9-3-1-2-8-4-7-18-10(8)9/h1-4,7,17H,5-6,16H2. The van der Waals surface area contributed by atoms with Gasteiger partial charge in [-0.3, -0.25) is 0 Å². The lowest BCUT2D eigenvalue weighted by molar-refractivity contribution is -0.268. The molecular formula is C12H12F3NO2. The topological polar surface area (TPSA) is 59.4 Å².